The van der Waals surface area contributed by atoms with Gasteiger partial charge in [-0.15, -0.1) is 0 Å². The Morgan fingerprint density at radius 3 is 2.75 bits per heavy atom. The average Bonchev–Trinajstić information content (AvgIpc) is 2.68. The van der Waals surface area contributed by atoms with Gasteiger partial charge in [-0.2, -0.15) is 0 Å². The SMILES string of the molecule is CCOC1CC(NC(=O)c2cc(S(N)(=O)=O)c(Br)o2)C1. The zero-order valence-electron chi connectivity index (χ0n) is 10.8. The van der Waals surface area contributed by atoms with Crippen molar-refractivity contribution in [3.63, 3.8) is 0 Å². The van der Waals surface area contributed by atoms with Crippen molar-refractivity contribution in [2.45, 2.75) is 36.8 Å². The van der Waals surface area contributed by atoms with Gasteiger partial charge in [0.25, 0.3) is 5.91 Å². The fourth-order valence-electron chi connectivity index (χ4n) is 1.97. The van der Waals surface area contributed by atoms with Crippen molar-refractivity contribution in [3.8, 4) is 0 Å². The van der Waals surface area contributed by atoms with Gasteiger partial charge in [0.05, 0.1) is 6.10 Å². The number of primary sulfonamides is 1. The van der Waals surface area contributed by atoms with Gasteiger partial charge in [-0.05, 0) is 35.7 Å². The van der Waals surface area contributed by atoms with Crippen LogP contribution in [0, 0.1) is 0 Å². The van der Waals surface area contributed by atoms with E-state index in [0.29, 0.717) is 6.61 Å². The van der Waals surface area contributed by atoms with E-state index in [1.54, 1.807) is 0 Å². The van der Waals surface area contributed by atoms with Crippen molar-refractivity contribution >= 4 is 31.9 Å². The van der Waals surface area contributed by atoms with Gasteiger partial charge >= 0.3 is 0 Å². The molecule has 1 saturated carbocycles. The molecule has 1 aliphatic carbocycles. The van der Waals surface area contributed by atoms with E-state index >= 15 is 0 Å². The highest BCUT2D eigenvalue weighted by molar-refractivity contribution is 9.10. The van der Waals surface area contributed by atoms with Gasteiger partial charge in [0.1, 0.15) is 4.90 Å². The number of furan rings is 1. The molecule has 0 aromatic carbocycles. The number of carbonyl (C=O) groups excluding carboxylic acids is 1. The van der Waals surface area contributed by atoms with Crippen LogP contribution < -0.4 is 10.5 Å². The molecule has 2 rings (SSSR count). The number of amides is 1. The van der Waals surface area contributed by atoms with Crippen LogP contribution in [0.25, 0.3) is 0 Å². The number of rotatable bonds is 5. The summed E-state index contributed by atoms with van der Waals surface area (Å²) in [7, 11) is -3.92. The largest absolute Gasteiger partial charge is 0.443 e. The van der Waals surface area contributed by atoms with Crippen molar-refractivity contribution in [1.82, 2.24) is 5.32 Å². The van der Waals surface area contributed by atoms with Gasteiger partial charge in [0, 0.05) is 18.7 Å². The van der Waals surface area contributed by atoms with Crippen LogP contribution in [0.4, 0.5) is 0 Å². The molecule has 0 atom stereocenters. The van der Waals surface area contributed by atoms with Crippen molar-refractivity contribution in [2.24, 2.45) is 5.14 Å². The van der Waals surface area contributed by atoms with E-state index in [0.717, 1.165) is 18.9 Å². The maximum atomic E-state index is 11.9. The smallest absolute Gasteiger partial charge is 0.287 e. The Morgan fingerprint density at radius 1 is 1.60 bits per heavy atom. The molecule has 0 saturated heterocycles. The van der Waals surface area contributed by atoms with Crippen LogP contribution in [0.1, 0.15) is 30.3 Å². The minimum absolute atomic E-state index is 0.0147. The van der Waals surface area contributed by atoms with Gasteiger partial charge in [-0.1, -0.05) is 0 Å². The summed E-state index contributed by atoms with van der Waals surface area (Å²) in [4.78, 5) is 11.7. The van der Waals surface area contributed by atoms with E-state index in [1.807, 2.05) is 6.92 Å². The maximum Gasteiger partial charge on any atom is 0.287 e. The van der Waals surface area contributed by atoms with E-state index in [4.69, 9.17) is 14.3 Å². The summed E-state index contributed by atoms with van der Waals surface area (Å²) in [6.07, 6.45) is 1.65. The molecule has 3 N–H and O–H groups in total. The average molecular weight is 367 g/mol. The summed E-state index contributed by atoms with van der Waals surface area (Å²) in [5, 5.41) is 7.74. The summed E-state index contributed by atoms with van der Waals surface area (Å²) < 4.78 is 32.8. The maximum absolute atomic E-state index is 11.9. The zero-order chi connectivity index (χ0) is 14.9. The van der Waals surface area contributed by atoms with E-state index in [2.05, 4.69) is 21.2 Å². The Bertz CT molecular complexity index is 606. The van der Waals surface area contributed by atoms with E-state index < -0.39 is 15.9 Å². The third-order valence-corrected chi connectivity index (χ3v) is 4.79. The number of nitrogens with two attached hydrogens (primary N) is 1. The second-order valence-corrected chi connectivity index (χ2v) is 6.76. The highest BCUT2D eigenvalue weighted by atomic mass is 79.9. The van der Waals surface area contributed by atoms with Crippen LogP contribution >= 0.6 is 15.9 Å². The molecular weight excluding hydrogens is 352 g/mol. The molecule has 0 unspecified atom stereocenters. The van der Waals surface area contributed by atoms with Crippen LogP contribution in [0.3, 0.4) is 0 Å². The fraction of sp³-hybridized carbons (Fsp3) is 0.545. The lowest BCUT2D eigenvalue weighted by Gasteiger charge is -2.35. The molecule has 1 aromatic rings. The molecule has 0 spiro atoms. The molecule has 20 heavy (non-hydrogen) atoms. The quantitative estimate of drug-likeness (QED) is 0.806. The molecule has 7 nitrogen and oxygen atoms in total. The summed E-state index contributed by atoms with van der Waals surface area (Å²) in [6.45, 7) is 2.56. The Labute approximate surface area is 125 Å². The third kappa shape index (κ3) is 3.40. The molecule has 0 bridgehead atoms. The van der Waals surface area contributed by atoms with E-state index in [-0.39, 0.29) is 27.5 Å². The number of hydrogen-bond acceptors (Lipinski definition) is 5. The number of carbonyl (C=O) groups is 1. The minimum Gasteiger partial charge on any atom is -0.443 e. The number of sulfonamides is 1. The fourth-order valence-corrected chi connectivity index (χ4v) is 3.47. The lowest BCUT2D eigenvalue weighted by molar-refractivity contribution is -0.00885. The lowest BCUT2D eigenvalue weighted by Crippen LogP contribution is -2.47. The van der Waals surface area contributed by atoms with Gasteiger partial charge in [-0.3, -0.25) is 4.79 Å². The normalized spacial score (nSPS) is 22.4. The first-order chi connectivity index (χ1) is 9.31. The van der Waals surface area contributed by atoms with Gasteiger partial charge in [0.2, 0.25) is 10.0 Å². The minimum atomic E-state index is -3.92. The Morgan fingerprint density at radius 2 is 2.25 bits per heavy atom. The number of halogens is 1. The number of ether oxygens (including phenoxy) is 1. The Kier molecular flexibility index (Phi) is 4.52. The molecular formula is C11H15BrN2O5S. The Balaban J connectivity index is 1.98. The summed E-state index contributed by atoms with van der Waals surface area (Å²) >= 11 is 2.92. The number of hydrogen-bond donors (Lipinski definition) is 2. The second-order valence-electron chi connectivity index (χ2n) is 4.51. The molecule has 1 aromatic heterocycles. The molecule has 0 aliphatic heterocycles. The predicted molar refractivity (Wildman–Crippen MR) is 73.7 cm³/mol. The van der Waals surface area contributed by atoms with Crippen LogP contribution in [0.15, 0.2) is 20.0 Å². The second kappa shape index (κ2) is 5.84. The molecule has 1 fully saturated rings. The standard InChI is InChI=1S/C11H15BrN2O5S/c1-2-18-7-3-6(4-7)14-11(15)8-5-9(10(12)19-8)20(13,16)17/h5-7H,2-4H2,1H3,(H,14,15)(H2,13,16,17). The predicted octanol–water partition coefficient (Wildman–Crippen LogP) is 0.987. The van der Waals surface area contributed by atoms with Crippen molar-refractivity contribution in [3.05, 3.63) is 16.5 Å². The molecule has 9 heteroatoms. The first-order valence-electron chi connectivity index (χ1n) is 6.06. The molecule has 112 valence electrons. The molecule has 0 radical (unpaired) electrons. The first kappa shape index (κ1) is 15.5. The van der Waals surface area contributed by atoms with Gasteiger partial charge < -0.3 is 14.5 Å². The summed E-state index contributed by atoms with van der Waals surface area (Å²) in [5.41, 5.74) is 0. The topological polar surface area (TPSA) is 112 Å². The van der Waals surface area contributed by atoms with Crippen molar-refractivity contribution in [2.75, 3.05) is 6.61 Å². The first-order valence-corrected chi connectivity index (χ1v) is 8.39. The lowest BCUT2D eigenvalue weighted by atomic mass is 9.89. The Hall–Kier alpha value is -0.900. The van der Waals surface area contributed by atoms with Crippen LogP contribution in [0.5, 0.6) is 0 Å². The number of nitrogens with one attached hydrogen (secondary N) is 1. The van der Waals surface area contributed by atoms with Gasteiger partial charge in [-0.25, -0.2) is 13.6 Å². The van der Waals surface area contributed by atoms with Crippen LogP contribution in [0.2, 0.25) is 0 Å². The van der Waals surface area contributed by atoms with Crippen molar-refractivity contribution < 1.29 is 22.4 Å². The molecule has 1 heterocycles. The highest BCUT2D eigenvalue weighted by Crippen LogP contribution is 2.27. The monoisotopic (exact) mass is 366 g/mol. The highest BCUT2D eigenvalue weighted by Gasteiger charge is 2.32. The van der Waals surface area contributed by atoms with E-state index in [9.17, 15) is 13.2 Å². The summed E-state index contributed by atoms with van der Waals surface area (Å²) in [5.74, 6) is -0.568. The van der Waals surface area contributed by atoms with Crippen LogP contribution in [-0.2, 0) is 14.8 Å². The van der Waals surface area contributed by atoms with Gasteiger partial charge in [0.15, 0.2) is 10.4 Å². The van der Waals surface area contributed by atoms with Crippen LogP contribution in [-0.4, -0.2) is 33.1 Å². The zero-order valence-corrected chi connectivity index (χ0v) is 13.2. The van der Waals surface area contributed by atoms with Crippen molar-refractivity contribution in [1.29, 1.82) is 0 Å². The molecule has 1 aliphatic rings. The summed E-state index contributed by atoms with van der Waals surface area (Å²) in [6, 6.07) is 1.12. The third-order valence-electron chi connectivity index (χ3n) is 3.02. The van der Waals surface area contributed by atoms with E-state index in [1.165, 1.54) is 0 Å². The molecule has 1 amide bonds.